The maximum absolute atomic E-state index is 12.7. The quantitative estimate of drug-likeness (QED) is 0.791. The molecule has 20 heavy (non-hydrogen) atoms. The molecule has 4 rings (SSSR count). The van der Waals surface area contributed by atoms with E-state index < -0.39 is 0 Å². The number of amides is 1. The normalized spacial score (nSPS) is 32.4. The molecule has 3 aliphatic rings. The number of hydrogen-bond donors (Lipinski definition) is 1. The summed E-state index contributed by atoms with van der Waals surface area (Å²) in [5.74, 6) is 0.601. The second-order valence-corrected chi connectivity index (χ2v) is 7.10. The number of nitrogens with zero attached hydrogens (tertiary/aromatic N) is 1. The number of halogens is 1. The average Bonchev–Trinajstić information content (AvgIpc) is 2.47. The van der Waals surface area contributed by atoms with Crippen LogP contribution in [-0.4, -0.2) is 29.9 Å². The highest BCUT2D eigenvalue weighted by Gasteiger charge is 2.44. The third kappa shape index (κ3) is 1.92. The molecule has 0 aliphatic carbocycles. The van der Waals surface area contributed by atoms with Crippen molar-refractivity contribution in [3.63, 3.8) is 0 Å². The Bertz CT molecular complexity index is 559. The van der Waals surface area contributed by atoms with Crippen LogP contribution in [0, 0.1) is 5.92 Å². The Hall–Kier alpha value is -0.870. The minimum absolute atomic E-state index is 0.219. The summed E-state index contributed by atoms with van der Waals surface area (Å²) < 4.78 is 1.14. The third-order valence-electron chi connectivity index (χ3n) is 5.12. The van der Waals surface area contributed by atoms with Crippen molar-refractivity contribution in [2.45, 2.75) is 37.8 Å². The van der Waals surface area contributed by atoms with Gasteiger partial charge in [0, 0.05) is 17.1 Å². The van der Waals surface area contributed by atoms with Crippen molar-refractivity contribution in [1.82, 2.24) is 10.2 Å². The minimum atomic E-state index is 0.219. The van der Waals surface area contributed by atoms with Gasteiger partial charge in [-0.1, -0.05) is 22.0 Å². The fourth-order valence-electron chi connectivity index (χ4n) is 4.15. The van der Waals surface area contributed by atoms with Crippen LogP contribution >= 0.6 is 15.9 Å². The first-order valence-corrected chi connectivity index (χ1v) is 8.35. The van der Waals surface area contributed by atoms with Crippen LogP contribution in [0.3, 0.4) is 0 Å². The van der Waals surface area contributed by atoms with Crippen molar-refractivity contribution < 1.29 is 4.79 Å². The van der Waals surface area contributed by atoms with Crippen molar-refractivity contribution in [2.24, 2.45) is 5.92 Å². The molecule has 1 N–H and O–H groups in total. The van der Waals surface area contributed by atoms with Gasteiger partial charge in [-0.25, -0.2) is 0 Å². The molecular formula is C16H19BrN2O. The number of benzene rings is 1. The molecule has 0 spiro atoms. The standard InChI is InChI=1S/C16H19BrN2O/c17-11-3-4-12-10(8-11)5-7-19-15(12)9-14-13(16(19)20)2-1-6-18-14/h3-4,8,13-15,18H,1-2,5-7,9H2. The summed E-state index contributed by atoms with van der Waals surface area (Å²) in [6, 6.07) is 7.19. The lowest BCUT2D eigenvalue weighted by atomic mass is 9.77. The molecule has 3 nitrogen and oxygen atoms in total. The van der Waals surface area contributed by atoms with Gasteiger partial charge in [0.25, 0.3) is 0 Å². The second-order valence-electron chi connectivity index (χ2n) is 6.19. The van der Waals surface area contributed by atoms with E-state index >= 15 is 0 Å². The van der Waals surface area contributed by atoms with Crippen molar-refractivity contribution in [3.05, 3.63) is 33.8 Å². The van der Waals surface area contributed by atoms with Crippen LogP contribution < -0.4 is 5.32 Å². The Morgan fingerprint density at radius 2 is 2.25 bits per heavy atom. The van der Waals surface area contributed by atoms with E-state index in [-0.39, 0.29) is 12.0 Å². The molecule has 3 aliphatic heterocycles. The Morgan fingerprint density at radius 3 is 3.15 bits per heavy atom. The van der Waals surface area contributed by atoms with E-state index in [0.29, 0.717) is 11.9 Å². The first-order chi connectivity index (χ1) is 9.74. The minimum Gasteiger partial charge on any atom is -0.335 e. The van der Waals surface area contributed by atoms with Crippen LogP contribution in [0.5, 0.6) is 0 Å². The fourth-order valence-corrected chi connectivity index (χ4v) is 4.56. The topological polar surface area (TPSA) is 32.3 Å². The monoisotopic (exact) mass is 334 g/mol. The maximum atomic E-state index is 12.7. The summed E-state index contributed by atoms with van der Waals surface area (Å²) in [6.07, 6.45) is 4.26. The summed E-state index contributed by atoms with van der Waals surface area (Å²) in [5.41, 5.74) is 2.77. The Balaban J connectivity index is 1.71. The maximum Gasteiger partial charge on any atom is 0.227 e. The molecule has 1 amide bonds. The van der Waals surface area contributed by atoms with Gasteiger partial charge in [0.1, 0.15) is 0 Å². The predicted molar refractivity (Wildman–Crippen MR) is 81.4 cm³/mol. The van der Waals surface area contributed by atoms with Crippen LogP contribution in [0.4, 0.5) is 0 Å². The van der Waals surface area contributed by atoms with E-state index in [1.165, 1.54) is 11.1 Å². The molecule has 3 atom stereocenters. The molecule has 0 saturated carbocycles. The Labute approximate surface area is 127 Å². The summed E-state index contributed by atoms with van der Waals surface area (Å²) in [4.78, 5) is 14.9. The van der Waals surface area contributed by atoms with E-state index in [1.54, 1.807) is 0 Å². The molecule has 0 bridgehead atoms. The summed E-state index contributed by atoms with van der Waals surface area (Å²) in [7, 11) is 0. The van der Waals surface area contributed by atoms with Gasteiger partial charge in [0.15, 0.2) is 0 Å². The number of nitrogens with one attached hydrogen (secondary N) is 1. The molecule has 1 aromatic rings. The average molecular weight is 335 g/mol. The highest BCUT2D eigenvalue weighted by Crippen LogP contribution is 2.41. The molecule has 0 aromatic heterocycles. The summed E-state index contributed by atoms with van der Waals surface area (Å²) in [6.45, 7) is 1.95. The lowest BCUT2D eigenvalue weighted by molar-refractivity contribution is -0.145. The molecule has 3 unspecified atom stereocenters. The lowest BCUT2D eigenvalue weighted by Gasteiger charge is -2.48. The molecule has 4 heteroatoms. The van der Waals surface area contributed by atoms with E-state index in [4.69, 9.17) is 0 Å². The van der Waals surface area contributed by atoms with Crippen molar-refractivity contribution in [1.29, 1.82) is 0 Å². The smallest absolute Gasteiger partial charge is 0.227 e. The van der Waals surface area contributed by atoms with E-state index in [0.717, 1.165) is 43.2 Å². The van der Waals surface area contributed by atoms with Crippen LogP contribution in [0.25, 0.3) is 0 Å². The SMILES string of the molecule is O=C1C2CCCNC2CC2c3ccc(Br)cc3CCN12. The highest BCUT2D eigenvalue weighted by molar-refractivity contribution is 9.10. The largest absolute Gasteiger partial charge is 0.335 e. The molecule has 2 fully saturated rings. The van der Waals surface area contributed by atoms with E-state index in [1.807, 2.05) is 0 Å². The van der Waals surface area contributed by atoms with Gasteiger partial charge in [-0.3, -0.25) is 4.79 Å². The lowest BCUT2D eigenvalue weighted by Crippen LogP contribution is -2.57. The first kappa shape index (κ1) is 12.8. The molecule has 2 saturated heterocycles. The van der Waals surface area contributed by atoms with E-state index in [2.05, 4.69) is 44.3 Å². The number of rotatable bonds is 0. The van der Waals surface area contributed by atoms with Gasteiger partial charge < -0.3 is 10.2 Å². The zero-order chi connectivity index (χ0) is 13.7. The molecule has 3 heterocycles. The zero-order valence-corrected chi connectivity index (χ0v) is 13.0. The van der Waals surface area contributed by atoms with Gasteiger partial charge in [0.05, 0.1) is 12.0 Å². The van der Waals surface area contributed by atoms with Crippen molar-refractivity contribution in [3.8, 4) is 0 Å². The van der Waals surface area contributed by atoms with Crippen LogP contribution in [0.15, 0.2) is 22.7 Å². The number of carbonyl (C=O) groups is 1. The van der Waals surface area contributed by atoms with Gasteiger partial charge in [-0.05, 0) is 55.5 Å². The van der Waals surface area contributed by atoms with Crippen molar-refractivity contribution >= 4 is 21.8 Å². The van der Waals surface area contributed by atoms with Gasteiger partial charge >= 0.3 is 0 Å². The van der Waals surface area contributed by atoms with Crippen molar-refractivity contribution in [2.75, 3.05) is 13.1 Å². The molecule has 0 radical (unpaired) electrons. The summed E-state index contributed by atoms with van der Waals surface area (Å²) >= 11 is 3.55. The fraction of sp³-hybridized carbons (Fsp3) is 0.562. The first-order valence-electron chi connectivity index (χ1n) is 7.56. The Morgan fingerprint density at radius 1 is 1.35 bits per heavy atom. The van der Waals surface area contributed by atoms with Gasteiger partial charge in [-0.2, -0.15) is 0 Å². The van der Waals surface area contributed by atoms with Crippen LogP contribution in [0.2, 0.25) is 0 Å². The van der Waals surface area contributed by atoms with Crippen LogP contribution in [-0.2, 0) is 11.2 Å². The van der Waals surface area contributed by atoms with Crippen LogP contribution in [0.1, 0.15) is 36.4 Å². The summed E-state index contributed by atoms with van der Waals surface area (Å²) in [5, 5.41) is 3.57. The van der Waals surface area contributed by atoms with E-state index in [9.17, 15) is 4.79 Å². The molecule has 106 valence electrons. The zero-order valence-electron chi connectivity index (χ0n) is 11.4. The predicted octanol–water partition coefficient (Wildman–Crippen LogP) is 2.65. The number of piperidine rings is 2. The number of hydrogen-bond acceptors (Lipinski definition) is 2. The molecular weight excluding hydrogens is 316 g/mol. The highest BCUT2D eigenvalue weighted by atomic mass is 79.9. The number of carbonyl (C=O) groups excluding carboxylic acids is 1. The van der Waals surface area contributed by atoms with Gasteiger partial charge in [-0.15, -0.1) is 0 Å². The van der Waals surface area contributed by atoms with Gasteiger partial charge in [0.2, 0.25) is 5.91 Å². The molecule has 1 aromatic carbocycles. The second kappa shape index (κ2) is 4.85. The number of fused-ring (bicyclic) bond motifs is 4. The Kier molecular flexibility index (Phi) is 3.11. The third-order valence-corrected chi connectivity index (χ3v) is 5.62.